The van der Waals surface area contributed by atoms with Crippen molar-refractivity contribution >= 4 is 21.9 Å². The molecule has 0 bridgehead atoms. The molecule has 0 radical (unpaired) electrons. The minimum Gasteiger partial charge on any atom is -0.452 e. The molecule has 2 atom stereocenters. The quantitative estimate of drug-likeness (QED) is 0.682. The molecule has 2 aliphatic heterocycles. The summed E-state index contributed by atoms with van der Waals surface area (Å²) in [7, 11) is -3.54. The maximum absolute atomic E-state index is 12.7. The molecule has 1 aromatic carbocycles. The molecule has 0 aromatic heterocycles. The summed E-state index contributed by atoms with van der Waals surface area (Å²) >= 11 is 0. The molecular weight excluding hydrogens is 392 g/mol. The van der Waals surface area contributed by atoms with Gasteiger partial charge in [0.2, 0.25) is 10.0 Å². The number of hydrogen-bond donors (Lipinski definition) is 0. The van der Waals surface area contributed by atoms with Gasteiger partial charge in [-0.15, -0.1) is 0 Å². The zero-order valence-corrected chi connectivity index (χ0v) is 18.0. The number of piperidine rings is 2. The van der Waals surface area contributed by atoms with Crippen molar-refractivity contribution in [1.82, 2.24) is 9.21 Å². The average molecular weight is 423 g/mol. The molecule has 0 N–H and O–H groups in total. The van der Waals surface area contributed by atoms with E-state index in [1.54, 1.807) is 4.90 Å². The molecule has 29 heavy (non-hydrogen) atoms. The van der Waals surface area contributed by atoms with Gasteiger partial charge in [-0.05, 0) is 70.2 Å². The van der Waals surface area contributed by atoms with E-state index in [0.29, 0.717) is 13.1 Å². The maximum atomic E-state index is 12.7. The summed E-state index contributed by atoms with van der Waals surface area (Å²) in [4.78, 5) is 26.8. The fourth-order valence-electron chi connectivity index (χ4n) is 4.22. The molecule has 0 aliphatic carbocycles. The number of nitrogens with zero attached hydrogens (tertiary/aromatic N) is 2. The second-order valence-corrected chi connectivity index (χ2v) is 9.93. The molecule has 0 unspecified atom stereocenters. The van der Waals surface area contributed by atoms with Gasteiger partial charge in [-0.2, -0.15) is 4.31 Å². The molecule has 2 saturated heterocycles. The molecule has 2 aliphatic rings. The van der Waals surface area contributed by atoms with Crippen molar-refractivity contribution in [1.29, 1.82) is 0 Å². The van der Waals surface area contributed by atoms with Gasteiger partial charge >= 0.3 is 5.97 Å². The molecule has 2 heterocycles. The van der Waals surface area contributed by atoms with E-state index in [-0.39, 0.29) is 35.1 Å². The number of rotatable bonds is 5. The first-order chi connectivity index (χ1) is 13.8. The largest absolute Gasteiger partial charge is 0.452 e. The fraction of sp³-hybridized carbons (Fsp3) is 0.619. The summed E-state index contributed by atoms with van der Waals surface area (Å²) in [6.07, 6.45) is 5.79. The number of ether oxygens (including phenoxy) is 1. The third-order valence-corrected chi connectivity index (χ3v) is 7.76. The van der Waals surface area contributed by atoms with Crippen molar-refractivity contribution in [2.45, 2.75) is 69.4 Å². The van der Waals surface area contributed by atoms with E-state index in [0.717, 1.165) is 38.5 Å². The first kappa shape index (κ1) is 21.8. The number of amides is 1. The molecule has 7 nitrogen and oxygen atoms in total. The molecule has 1 amide bonds. The smallest absolute Gasteiger partial charge is 0.338 e. The Morgan fingerprint density at radius 1 is 0.966 bits per heavy atom. The van der Waals surface area contributed by atoms with Crippen LogP contribution >= 0.6 is 0 Å². The lowest BCUT2D eigenvalue weighted by Crippen LogP contribution is -2.49. The number of sulfonamides is 1. The van der Waals surface area contributed by atoms with Crippen molar-refractivity contribution in [3.63, 3.8) is 0 Å². The highest BCUT2D eigenvalue weighted by atomic mass is 32.2. The van der Waals surface area contributed by atoms with Crippen molar-refractivity contribution in [3.05, 3.63) is 29.8 Å². The third-order valence-electron chi connectivity index (χ3n) is 5.85. The van der Waals surface area contributed by atoms with Gasteiger partial charge in [-0.3, -0.25) is 4.79 Å². The number of benzene rings is 1. The predicted octanol–water partition coefficient (Wildman–Crippen LogP) is 2.81. The van der Waals surface area contributed by atoms with E-state index in [2.05, 4.69) is 0 Å². The Hall–Kier alpha value is -1.93. The van der Waals surface area contributed by atoms with Crippen LogP contribution in [0.1, 0.15) is 62.7 Å². The molecule has 0 saturated carbocycles. The standard InChI is InChI=1S/C21H30N2O5S/c1-16-7-6-8-17(2)23(16)20(24)15-28-21(25)18-9-11-19(12-10-18)29(26,27)22-13-4-3-5-14-22/h9-12,16-17H,3-8,13-15H2,1-2H3/t16-,17+. The SMILES string of the molecule is C[C@@H]1CCC[C@H](C)N1C(=O)COC(=O)c1ccc(S(=O)(=O)N2CCCCC2)cc1. The Balaban J connectivity index is 1.59. The van der Waals surface area contributed by atoms with Crippen molar-refractivity contribution in [2.75, 3.05) is 19.7 Å². The number of esters is 1. The van der Waals surface area contributed by atoms with Crippen LogP contribution in [-0.2, 0) is 19.6 Å². The lowest BCUT2D eigenvalue weighted by Gasteiger charge is -2.38. The van der Waals surface area contributed by atoms with Crippen LogP contribution < -0.4 is 0 Å². The first-order valence-corrected chi connectivity index (χ1v) is 11.8. The van der Waals surface area contributed by atoms with Crippen molar-refractivity contribution in [2.24, 2.45) is 0 Å². The highest BCUT2D eigenvalue weighted by Crippen LogP contribution is 2.23. The highest BCUT2D eigenvalue weighted by Gasteiger charge is 2.30. The van der Waals surface area contributed by atoms with Crippen LogP contribution in [0.15, 0.2) is 29.2 Å². The number of carbonyl (C=O) groups excluding carboxylic acids is 2. The van der Waals surface area contributed by atoms with Gasteiger partial charge in [0.25, 0.3) is 5.91 Å². The van der Waals surface area contributed by atoms with Gasteiger partial charge in [0.1, 0.15) is 0 Å². The van der Waals surface area contributed by atoms with Crippen LogP contribution in [-0.4, -0.2) is 61.3 Å². The molecule has 3 rings (SSSR count). The van der Waals surface area contributed by atoms with E-state index < -0.39 is 16.0 Å². The normalized spacial score (nSPS) is 23.6. The van der Waals surface area contributed by atoms with Crippen LogP contribution in [0.3, 0.4) is 0 Å². The van der Waals surface area contributed by atoms with E-state index in [9.17, 15) is 18.0 Å². The van der Waals surface area contributed by atoms with Crippen molar-refractivity contribution in [3.8, 4) is 0 Å². The Morgan fingerprint density at radius 3 is 2.14 bits per heavy atom. The van der Waals surface area contributed by atoms with Crippen LogP contribution in [0.2, 0.25) is 0 Å². The van der Waals surface area contributed by atoms with E-state index in [1.165, 1.54) is 28.6 Å². The fourth-order valence-corrected chi connectivity index (χ4v) is 5.73. The summed E-state index contributed by atoms with van der Waals surface area (Å²) in [6.45, 7) is 4.78. The lowest BCUT2D eigenvalue weighted by molar-refractivity contribution is -0.140. The summed E-state index contributed by atoms with van der Waals surface area (Å²) in [5.74, 6) is -0.820. The molecule has 1 aromatic rings. The minimum absolute atomic E-state index is 0.143. The Morgan fingerprint density at radius 2 is 1.55 bits per heavy atom. The Kier molecular flexibility index (Phi) is 6.95. The third kappa shape index (κ3) is 4.98. The van der Waals surface area contributed by atoms with Gasteiger partial charge in [0.15, 0.2) is 6.61 Å². The zero-order chi connectivity index (χ0) is 21.0. The number of carbonyl (C=O) groups is 2. The number of hydrogen-bond acceptors (Lipinski definition) is 5. The van der Waals surface area contributed by atoms with Gasteiger partial charge in [-0.1, -0.05) is 6.42 Å². The first-order valence-electron chi connectivity index (χ1n) is 10.4. The molecule has 160 valence electrons. The molecule has 8 heteroatoms. The Labute approximate surface area is 173 Å². The zero-order valence-electron chi connectivity index (χ0n) is 17.2. The lowest BCUT2D eigenvalue weighted by atomic mass is 9.97. The van der Waals surface area contributed by atoms with Gasteiger partial charge in [-0.25, -0.2) is 13.2 Å². The monoisotopic (exact) mass is 422 g/mol. The minimum atomic E-state index is -3.54. The van der Waals surface area contributed by atoms with E-state index in [1.807, 2.05) is 13.8 Å². The summed E-state index contributed by atoms with van der Waals surface area (Å²) < 4.78 is 32.0. The van der Waals surface area contributed by atoms with Crippen LogP contribution in [0, 0.1) is 0 Å². The maximum Gasteiger partial charge on any atom is 0.338 e. The topological polar surface area (TPSA) is 84.0 Å². The van der Waals surface area contributed by atoms with Gasteiger partial charge in [0.05, 0.1) is 10.5 Å². The second kappa shape index (κ2) is 9.26. The van der Waals surface area contributed by atoms with Gasteiger partial charge in [0, 0.05) is 25.2 Å². The summed E-state index contributed by atoms with van der Waals surface area (Å²) in [5, 5.41) is 0. The van der Waals surface area contributed by atoms with Crippen LogP contribution in [0.25, 0.3) is 0 Å². The van der Waals surface area contributed by atoms with E-state index in [4.69, 9.17) is 4.74 Å². The molecule has 0 spiro atoms. The second-order valence-electron chi connectivity index (χ2n) is 8.00. The van der Waals surface area contributed by atoms with E-state index >= 15 is 0 Å². The average Bonchev–Trinajstić information content (AvgIpc) is 2.72. The summed E-state index contributed by atoms with van der Waals surface area (Å²) in [6, 6.07) is 6.02. The Bertz CT molecular complexity index is 821. The molecular formula is C21H30N2O5S. The van der Waals surface area contributed by atoms with Crippen LogP contribution in [0.4, 0.5) is 0 Å². The van der Waals surface area contributed by atoms with Gasteiger partial charge < -0.3 is 9.64 Å². The molecule has 2 fully saturated rings. The number of likely N-dealkylation sites (tertiary alicyclic amines) is 1. The predicted molar refractivity (Wildman–Crippen MR) is 109 cm³/mol. The van der Waals surface area contributed by atoms with Crippen molar-refractivity contribution < 1.29 is 22.7 Å². The van der Waals surface area contributed by atoms with Crippen LogP contribution in [0.5, 0.6) is 0 Å². The highest BCUT2D eigenvalue weighted by molar-refractivity contribution is 7.89. The summed E-state index contributed by atoms with van der Waals surface area (Å²) in [5.41, 5.74) is 0.232.